The van der Waals surface area contributed by atoms with Gasteiger partial charge in [-0.1, -0.05) is 17.7 Å². The van der Waals surface area contributed by atoms with Crippen molar-refractivity contribution < 1.29 is 14.3 Å². The van der Waals surface area contributed by atoms with Gasteiger partial charge in [0.25, 0.3) is 0 Å². The summed E-state index contributed by atoms with van der Waals surface area (Å²) in [5, 5.41) is 4.66. The number of rotatable bonds is 5. The number of nitrogens with one attached hydrogen (secondary N) is 1. The lowest BCUT2D eigenvalue weighted by molar-refractivity contribution is 0.0240. The number of anilines is 4. The van der Waals surface area contributed by atoms with Gasteiger partial charge in [0.1, 0.15) is 11.4 Å². The molecular formula is C29H34ClN7O3. The zero-order chi connectivity index (χ0) is 28.6. The smallest absolute Gasteiger partial charge is 0.410 e. The molecule has 0 bridgehead atoms. The summed E-state index contributed by atoms with van der Waals surface area (Å²) in [5.74, 6) is 0.999. The Morgan fingerprint density at radius 2 is 1.85 bits per heavy atom. The van der Waals surface area contributed by atoms with Crippen LogP contribution in [0.2, 0.25) is 5.02 Å². The summed E-state index contributed by atoms with van der Waals surface area (Å²) in [4.78, 5) is 25.6. The molecule has 1 aliphatic rings. The van der Waals surface area contributed by atoms with Crippen LogP contribution in [0.5, 0.6) is 5.75 Å². The third-order valence-corrected chi connectivity index (χ3v) is 7.02. The van der Waals surface area contributed by atoms with Crippen molar-refractivity contribution in [1.82, 2.24) is 19.4 Å². The number of fused-ring (bicyclic) bond motifs is 1. The Balaban J connectivity index is 1.38. The molecule has 0 spiro atoms. The molecule has 40 heavy (non-hydrogen) atoms. The van der Waals surface area contributed by atoms with E-state index in [9.17, 15) is 4.79 Å². The summed E-state index contributed by atoms with van der Waals surface area (Å²) < 4.78 is 13.0. The zero-order valence-corrected chi connectivity index (χ0v) is 24.1. The topological polar surface area (TPSA) is 111 Å². The highest BCUT2D eigenvalue weighted by Crippen LogP contribution is 2.36. The second-order valence-electron chi connectivity index (χ2n) is 10.8. The second kappa shape index (κ2) is 10.8. The first kappa shape index (κ1) is 27.4. The highest BCUT2D eigenvalue weighted by atomic mass is 35.5. The number of methoxy groups -OCH3 is 1. The van der Waals surface area contributed by atoms with Crippen molar-refractivity contribution in [2.24, 2.45) is 7.05 Å². The molecule has 4 aromatic rings. The Morgan fingerprint density at radius 3 is 2.55 bits per heavy atom. The van der Waals surface area contributed by atoms with Gasteiger partial charge in [-0.2, -0.15) is 0 Å². The second-order valence-corrected chi connectivity index (χ2v) is 11.2. The van der Waals surface area contributed by atoms with Gasteiger partial charge in [-0.15, -0.1) is 0 Å². The lowest BCUT2D eigenvalue weighted by Crippen LogP contribution is -2.50. The normalized spacial score (nSPS) is 13.9. The van der Waals surface area contributed by atoms with Gasteiger partial charge >= 0.3 is 6.09 Å². The SMILES string of the molecule is COc1ccc(N)cc1Nc1ncc(Cl)c(-c2cn(C)c3cc(N4CCN(C(=O)OC(C)(C)C)CC4)ccc23)n1. The first-order chi connectivity index (χ1) is 19.0. The van der Waals surface area contributed by atoms with Crippen LogP contribution in [-0.2, 0) is 11.8 Å². The van der Waals surface area contributed by atoms with Crippen LogP contribution in [0.3, 0.4) is 0 Å². The highest BCUT2D eigenvalue weighted by Gasteiger charge is 2.26. The van der Waals surface area contributed by atoms with Gasteiger partial charge < -0.3 is 34.9 Å². The third-order valence-electron chi connectivity index (χ3n) is 6.74. The number of nitrogens with two attached hydrogens (primary N) is 1. The van der Waals surface area contributed by atoms with Crippen LogP contribution in [0.15, 0.2) is 48.8 Å². The van der Waals surface area contributed by atoms with E-state index in [1.165, 1.54) is 0 Å². The largest absolute Gasteiger partial charge is 0.495 e. The molecule has 1 saturated heterocycles. The maximum atomic E-state index is 12.5. The number of carbonyl (C=O) groups excluding carboxylic acids is 1. The van der Waals surface area contributed by atoms with Gasteiger partial charge in [0.2, 0.25) is 5.95 Å². The van der Waals surface area contributed by atoms with Crippen LogP contribution >= 0.6 is 11.6 Å². The number of nitrogens with zero attached hydrogens (tertiary/aromatic N) is 5. The van der Waals surface area contributed by atoms with E-state index in [1.807, 2.05) is 34.0 Å². The molecule has 0 saturated carbocycles. The van der Waals surface area contributed by atoms with Crippen LogP contribution in [-0.4, -0.2) is 64.4 Å². The van der Waals surface area contributed by atoms with Crippen molar-refractivity contribution in [3.63, 3.8) is 0 Å². The number of hydrogen-bond donors (Lipinski definition) is 2. The standard InChI is InChI=1S/C29H34ClN7O3/c1-29(2,3)40-28(38)37-12-10-36(11-13-37)19-7-8-20-21(17-35(4)24(20)15-19)26-22(30)16-32-27(34-26)33-23-14-18(31)6-9-25(23)39-5/h6-9,14-17H,10-13,31H2,1-5H3,(H,32,33,34). The Hall–Kier alpha value is -4.18. The number of nitrogen functional groups attached to an aromatic ring is 1. The number of carbonyl (C=O) groups is 1. The molecule has 0 radical (unpaired) electrons. The minimum atomic E-state index is -0.505. The van der Waals surface area contributed by atoms with Crippen LogP contribution in [0.1, 0.15) is 20.8 Å². The fourth-order valence-electron chi connectivity index (χ4n) is 4.79. The summed E-state index contributed by atoms with van der Waals surface area (Å²) in [6, 6.07) is 11.7. The summed E-state index contributed by atoms with van der Waals surface area (Å²) in [6.07, 6.45) is 3.34. The van der Waals surface area contributed by atoms with Crippen LogP contribution in [0.4, 0.5) is 27.8 Å². The van der Waals surface area contributed by atoms with Gasteiger partial charge in [0, 0.05) is 61.7 Å². The quantitative estimate of drug-likeness (QED) is 0.298. The lowest BCUT2D eigenvalue weighted by atomic mass is 10.1. The molecule has 210 valence electrons. The monoisotopic (exact) mass is 563 g/mol. The maximum Gasteiger partial charge on any atom is 0.410 e. The number of ether oxygens (including phenoxy) is 2. The number of benzene rings is 2. The van der Waals surface area contributed by atoms with E-state index in [0.717, 1.165) is 35.2 Å². The zero-order valence-electron chi connectivity index (χ0n) is 23.4. The number of amides is 1. The Bertz CT molecular complexity index is 1560. The number of halogens is 1. The Labute approximate surface area is 238 Å². The average Bonchev–Trinajstić information content (AvgIpc) is 3.24. The van der Waals surface area contributed by atoms with Crippen molar-refractivity contribution in [1.29, 1.82) is 0 Å². The molecule has 1 aliphatic heterocycles. The van der Waals surface area contributed by atoms with E-state index >= 15 is 0 Å². The maximum absolute atomic E-state index is 12.5. The van der Waals surface area contributed by atoms with Gasteiger partial charge in [-0.25, -0.2) is 14.8 Å². The van der Waals surface area contributed by atoms with E-state index in [4.69, 9.17) is 31.8 Å². The summed E-state index contributed by atoms with van der Waals surface area (Å²) in [7, 11) is 3.60. The van der Waals surface area contributed by atoms with E-state index in [-0.39, 0.29) is 6.09 Å². The van der Waals surface area contributed by atoms with Crippen LogP contribution in [0.25, 0.3) is 22.2 Å². The molecule has 11 heteroatoms. The van der Waals surface area contributed by atoms with E-state index in [2.05, 4.69) is 38.0 Å². The molecule has 1 fully saturated rings. The van der Waals surface area contributed by atoms with Crippen LogP contribution < -0.4 is 20.7 Å². The Kier molecular flexibility index (Phi) is 7.37. The van der Waals surface area contributed by atoms with Crippen molar-refractivity contribution in [3.8, 4) is 17.0 Å². The lowest BCUT2D eigenvalue weighted by Gasteiger charge is -2.36. The van der Waals surface area contributed by atoms with Crippen molar-refractivity contribution in [2.75, 3.05) is 49.2 Å². The predicted octanol–water partition coefficient (Wildman–Crippen LogP) is 5.68. The molecule has 3 heterocycles. The van der Waals surface area contributed by atoms with E-state index in [0.29, 0.717) is 46.9 Å². The fraction of sp³-hybridized carbons (Fsp3) is 0.345. The van der Waals surface area contributed by atoms with Crippen LogP contribution in [0, 0.1) is 0 Å². The number of piperazine rings is 1. The molecule has 2 aromatic heterocycles. The van der Waals surface area contributed by atoms with Crippen molar-refractivity contribution in [3.05, 3.63) is 53.8 Å². The van der Waals surface area contributed by atoms with Gasteiger partial charge in [0.05, 0.1) is 35.2 Å². The van der Waals surface area contributed by atoms with Gasteiger partial charge in [-0.3, -0.25) is 0 Å². The molecule has 0 aliphatic carbocycles. The van der Waals surface area contributed by atoms with E-state index in [1.54, 1.807) is 36.4 Å². The van der Waals surface area contributed by atoms with Gasteiger partial charge in [-0.05, 0) is 51.1 Å². The fourth-order valence-corrected chi connectivity index (χ4v) is 4.98. The molecule has 3 N–H and O–H groups in total. The van der Waals surface area contributed by atoms with Gasteiger partial charge in [0.15, 0.2) is 0 Å². The number of hydrogen-bond acceptors (Lipinski definition) is 8. The first-order valence-corrected chi connectivity index (χ1v) is 13.5. The molecular weight excluding hydrogens is 530 g/mol. The van der Waals surface area contributed by atoms with E-state index < -0.39 is 5.60 Å². The highest BCUT2D eigenvalue weighted by molar-refractivity contribution is 6.33. The number of aromatic nitrogens is 3. The molecule has 0 unspecified atom stereocenters. The predicted molar refractivity (Wildman–Crippen MR) is 160 cm³/mol. The van der Waals surface area contributed by atoms with Crippen molar-refractivity contribution in [2.45, 2.75) is 26.4 Å². The molecule has 2 aromatic carbocycles. The molecule has 0 atom stereocenters. The summed E-state index contributed by atoms with van der Waals surface area (Å²) >= 11 is 6.60. The minimum Gasteiger partial charge on any atom is -0.495 e. The van der Waals surface area contributed by atoms with Crippen molar-refractivity contribution >= 4 is 51.6 Å². The number of aryl methyl sites for hydroxylation is 1. The third kappa shape index (κ3) is 5.72. The molecule has 10 nitrogen and oxygen atoms in total. The Morgan fingerprint density at radius 1 is 1.10 bits per heavy atom. The molecule has 5 rings (SSSR count). The average molecular weight is 564 g/mol. The molecule has 1 amide bonds. The summed E-state index contributed by atoms with van der Waals surface area (Å²) in [5.41, 5.74) is 10.4. The first-order valence-electron chi connectivity index (χ1n) is 13.1. The summed E-state index contributed by atoms with van der Waals surface area (Å²) in [6.45, 7) is 8.31. The minimum absolute atomic E-state index is 0.264.